The first-order chi connectivity index (χ1) is 6.83. The lowest BCUT2D eigenvalue weighted by Crippen LogP contribution is -2.11. The predicted molar refractivity (Wildman–Crippen MR) is 61.2 cm³/mol. The monoisotopic (exact) mass is 196 g/mol. The zero-order valence-electron chi connectivity index (χ0n) is 9.72. The van der Waals surface area contributed by atoms with Gasteiger partial charge in [0.05, 0.1) is 12.4 Å². The fourth-order valence-electron chi connectivity index (χ4n) is 1.85. The maximum Gasteiger partial charge on any atom is 0.0978 e. The molecule has 0 amide bonds. The molecule has 1 aliphatic rings. The van der Waals surface area contributed by atoms with Crippen molar-refractivity contribution in [2.45, 2.75) is 71.3 Å². The highest BCUT2D eigenvalue weighted by Gasteiger charge is 2.10. The maximum atomic E-state index is 5.81. The van der Waals surface area contributed by atoms with Crippen molar-refractivity contribution in [2.75, 3.05) is 0 Å². The Morgan fingerprint density at radius 3 is 2.29 bits per heavy atom. The molecular formula is C13H24O. The molecule has 1 fully saturated rings. The van der Waals surface area contributed by atoms with Crippen LogP contribution in [0.1, 0.15) is 65.2 Å². The molecule has 0 unspecified atom stereocenters. The molecule has 1 saturated carbocycles. The lowest BCUT2D eigenvalue weighted by atomic mass is 9.99. The Hall–Kier alpha value is -0.460. The van der Waals surface area contributed by atoms with E-state index >= 15 is 0 Å². The van der Waals surface area contributed by atoms with Crippen LogP contribution in [0.2, 0.25) is 0 Å². The average molecular weight is 196 g/mol. The fourth-order valence-corrected chi connectivity index (χ4v) is 1.85. The summed E-state index contributed by atoms with van der Waals surface area (Å²) >= 11 is 0. The van der Waals surface area contributed by atoms with Gasteiger partial charge in [-0.2, -0.15) is 0 Å². The van der Waals surface area contributed by atoms with Gasteiger partial charge in [0, 0.05) is 0 Å². The van der Waals surface area contributed by atoms with E-state index in [9.17, 15) is 0 Å². The summed E-state index contributed by atoms with van der Waals surface area (Å²) in [6.45, 7) is 4.32. The van der Waals surface area contributed by atoms with Crippen molar-refractivity contribution in [3.63, 3.8) is 0 Å². The Balaban J connectivity index is 2.26. The van der Waals surface area contributed by atoms with Gasteiger partial charge in [0.15, 0.2) is 0 Å². The van der Waals surface area contributed by atoms with Gasteiger partial charge < -0.3 is 4.74 Å². The van der Waals surface area contributed by atoms with Crippen LogP contribution >= 0.6 is 0 Å². The van der Waals surface area contributed by atoms with Gasteiger partial charge in [0.1, 0.15) is 0 Å². The molecular weight excluding hydrogens is 172 g/mol. The SMILES string of the molecule is CCC(C)=COC1CCCCCCC1. The third-order valence-corrected chi connectivity index (χ3v) is 3.07. The molecule has 0 atom stereocenters. The number of hydrogen-bond acceptors (Lipinski definition) is 1. The topological polar surface area (TPSA) is 9.23 Å². The standard InChI is InChI=1S/C13H24O/c1-3-12(2)11-14-13-9-7-5-4-6-8-10-13/h11,13H,3-10H2,1-2H3. The molecule has 0 saturated heterocycles. The summed E-state index contributed by atoms with van der Waals surface area (Å²) in [4.78, 5) is 0. The first-order valence-electron chi connectivity index (χ1n) is 6.14. The molecule has 1 aliphatic carbocycles. The van der Waals surface area contributed by atoms with Crippen LogP contribution in [-0.4, -0.2) is 6.10 Å². The zero-order chi connectivity index (χ0) is 10.2. The first kappa shape index (κ1) is 11.6. The van der Waals surface area contributed by atoms with E-state index in [-0.39, 0.29) is 0 Å². The Kier molecular flexibility index (Phi) is 5.74. The quantitative estimate of drug-likeness (QED) is 0.607. The second-order valence-corrected chi connectivity index (χ2v) is 4.42. The minimum Gasteiger partial charge on any atom is -0.498 e. The van der Waals surface area contributed by atoms with Crippen LogP contribution in [-0.2, 0) is 4.74 Å². The molecule has 1 rings (SSSR count). The number of hydrogen-bond donors (Lipinski definition) is 0. The van der Waals surface area contributed by atoms with Gasteiger partial charge in [-0.1, -0.05) is 26.2 Å². The third-order valence-electron chi connectivity index (χ3n) is 3.07. The van der Waals surface area contributed by atoms with Gasteiger partial charge in [-0.3, -0.25) is 0 Å². The van der Waals surface area contributed by atoms with Crippen LogP contribution in [0.15, 0.2) is 11.8 Å². The van der Waals surface area contributed by atoms with Gasteiger partial charge in [0.2, 0.25) is 0 Å². The summed E-state index contributed by atoms with van der Waals surface area (Å²) in [6.07, 6.45) is 13.0. The van der Waals surface area contributed by atoms with Crippen molar-refractivity contribution in [3.05, 3.63) is 11.8 Å². The van der Waals surface area contributed by atoms with E-state index in [1.807, 2.05) is 6.26 Å². The van der Waals surface area contributed by atoms with Crippen LogP contribution in [0.25, 0.3) is 0 Å². The largest absolute Gasteiger partial charge is 0.498 e. The van der Waals surface area contributed by atoms with Crippen molar-refractivity contribution in [1.82, 2.24) is 0 Å². The van der Waals surface area contributed by atoms with Crippen molar-refractivity contribution >= 4 is 0 Å². The van der Waals surface area contributed by atoms with Crippen molar-refractivity contribution in [3.8, 4) is 0 Å². The van der Waals surface area contributed by atoms with E-state index in [4.69, 9.17) is 4.74 Å². The Labute approximate surface area is 88.5 Å². The van der Waals surface area contributed by atoms with E-state index < -0.39 is 0 Å². The molecule has 0 aliphatic heterocycles. The minimum absolute atomic E-state index is 0.497. The van der Waals surface area contributed by atoms with Crippen LogP contribution in [0, 0.1) is 0 Å². The van der Waals surface area contributed by atoms with Gasteiger partial charge in [-0.25, -0.2) is 0 Å². The number of allylic oxidation sites excluding steroid dienone is 1. The molecule has 0 heterocycles. The van der Waals surface area contributed by atoms with E-state index in [0.717, 1.165) is 6.42 Å². The zero-order valence-corrected chi connectivity index (χ0v) is 9.72. The van der Waals surface area contributed by atoms with Crippen molar-refractivity contribution in [1.29, 1.82) is 0 Å². The van der Waals surface area contributed by atoms with Crippen LogP contribution in [0.5, 0.6) is 0 Å². The normalized spacial score (nSPS) is 21.4. The van der Waals surface area contributed by atoms with E-state index in [2.05, 4.69) is 13.8 Å². The Morgan fingerprint density at radius 1 is 1.14 bits per heavy atom. The highest BCUT2D eigenvalue weighted by atomic mass is 16.5. The van der Waals surface area contributed by atoms with Gasteiger partial charge >= 0.3 is 0 Å². The first-order valence-corrected chi connectivity index (χ1v) is 6.14. The molecule has 0 aromatic carbocycles. The minimum atomic E-state index is 0.497. The lowest BCUT2D eigenvalue weighted by Gasteiger charge is -2.19. The smallest absolute Gasteiger partial charge is 0.0978 e. The van der Waals surface area contributed by atoms with Crippen molar-refractivity contribution < 1.29 is 4.74 Å². The fraction of sp³-hybridized carbons (Fsp3) is 0.846. The molecule has 0 aromatic heterocycles. The molecule has 0 aromatic rings. The van der Waals surface area contributed by atoms with Crippen LogP contribution in [0.4, 0.5) is 0 Å². The molecule has 1 heteroatoms. The molecule has 0 bridgehead atoms. The maximum absolute atomic E-state index is 5.81. The van der Waals surface area contributed by atoms with Crippen molar-refractivity contribution in [2.24, 2.45) is 0 Å². The average Bonchev–Trinajstić information content (AvgIpc) is 2.15. The predicted octanol–water partition coefficient (Wildman–Crippen LogP) is 4.43. The second kappa shape index (κ2) is 6.92. The summed E-state index contributed by atoms with van der Waals surface area (Å²) in [5, 5.41) is 0. The third kappa shape index (κ3) is 4.69. The molecule has 0 spiro atoms. The van der Waals surface area contributed by atoms with Gasteiger partial charge in [0.25, 0.3) is 0 Å². The van der Waals surface area contributed by atoms with Crippen LogP contribution in [0.3, 0.4) is 0 Å². The second-order valence-electron chi connectivity index (χ2n) is 4.42. The number of rotatable bonds is 3. The van der Waals surface area contributed by atoms with E-state index in [1.54, 1.807) is 0 Å². The van der Waals surface area contributed by atoms with E-state index in [0.29, 0.717) is 6.10 Å². The summed E-state index contributed by atoms with van der Waals surface area (Å²) in [6, 6.07) is 0. The highest BCUT2D eigenvalue weighted by molar-refractivity contribution is 4.91. The lowest BCUT2D eigenvalue weighted by molar-refractivity contribution is 0.114. The summed E-state index contributed by atoms with van der Waals surface area (Å²) in [5.41, 5.74) is 1.35. The molecule has 82 valence electrons. The summed E-state index contributed by atoms with van der Waals surface area (Å²) < 4.78 is 5.81. The highest BCUT2D eigenvalue weighted by Crippen LogP contribution is 2.20. The van der Waals surface area contributed by atoms with Gasteiger partial charge in [-0.15, -0.1) is 0 Å². The molecule has 1 nitrogen and oxygen atoms in total. The summed E-state index contributed by atoms with van der Waals surface area (Å²) in [7, 11) is 0. The van der Waals surface area contributed by atoms with Gasteiger partial charge in [-0.05, 0) is 44.6 Å². The summed E-state index contributed by atoms with van der Waals surface area (Å²) in [5.74, 6) is 0. The number of ether oxygens (including phenoxy) is 1. The molecule has 0 N–H and O–H groups in total. The Morgan fingerprint density at radius 2 is 1.71 bits per heavy atom. The van der Waals surface area contributed by atoms with Crippen LogP contribution < -0.4 is 0 Å². The Bertz CT molecular complexity index is 164. The van der Waals surface area contributed by atoms with E-state index in [1.165, 1.54) is 50.5 Å². The molecule has 14 heavy (non-hydrogen) atoms. The molecule has 0 radical (unpaired) electrons.